The molecular weight excluding hydrogens is 295 g/mol. The summed E-state index contributed by atoms with van der Waals surface area (Å²) in [6, 6.07) is 5.11. The van der Waals surface area contributed by atoms with Gasteiger partial charge in [-0.25, -0.2) is 9.78 Å². The van der Waals surface area contributed by atoms with Crippen LogP contribution in [0.4, 0.5) is 10.8 Å². The Hall–Kier alpha value is -1.30. The zero-order chi connectivity index (χ0) is 13.3. The van der Waals surface area contributed by atoms with Crippen molar-refractivity contribution in [2.24, 2.45) is 0 Å². The standard InChI is InChI=1S/C11H8Cl2N2O2S/c1-5-8(10(16)17)14-11(18-5)15-9-6(12)3-2-4-7(9)13/h2-4H,1H3,(H,14,15)(H,16,17). The lowest BCUT2D eigenvalue weighted by Gasteiger charge is -2.06. The summed E-state index contributed by atoms with van der Waals surface area (Å²) in [7, 11) is 0. The van der Waals surface area contributed by atoms with E-state index in [4.69, 9.17) is 28.3 Å². The van der Waals surface area contributed by atoms with E-state index in [1.165, 1.54) is 11.3 Å². The fourth-order valence-electron chi connectivity index (χ4n) is 1.37. The summed E-state index contributed by atoms with van der Waals surface area (Å²) in [5.74, 6) is -1.05. The summed E-state index contributed by atoms with van der Waals surface area (Å²) in [5.41, 5.74) is 0.553. The molecule has 2 rings (SSSR count). The predicted octanol–water partition coefficient (Wildman–Crippen LogP) is 4.20. The molecule has 2 aromatic rings. The van der Waals surface area contributed by atoms with Gasteiger partial charge >= 0.3 is 5.97 Å². The van der Waals surface area contributed by atoms with E-state index in [0.29, 0.717) is 25.7 Å². The second-order valence-electron chi connectivity index (χ2n) is 3.45. The van der Waals surface area contributed by atoms with Crippen LogP contribution in [0.1, 0.15) is 15.4 Å². The van der Waals surface area contributed by atoms with Crippen molar-refractivity contribution in [3.05, 3.63) is 38.8 Å². The van der Waals surface area contributed by atoms with Crippen LogP contribution >= 0.6 is 34.5 Å². The zero-order valence-electron chi connectivity index (χ0n) is 9.20. The van der Waals surface area contributed by atoms with E-state index >= 15 is 0 Å². The Morgan fingerprint density at radius 1 is 1.39 bits per heavy atom. The smallest absolute Gasteiger partial charge is 0.355 e. The summed E-state index contributed by atoms with van der Waals surface area (Å²) in [6.45, 7) is 1.69. The van der Waals surface area contributed by atoms with E-state index in [1.807, 2.05) is 0 Å². The largest absolute Gasteiger partial charge is 0.476 e. The van der Waals surface area contributed by atoms with E-state index in [0.717, 1.165) is 0 Å². The Bertz CT molecular complexity index is 593. The molecule has 0 fully saturated rings. The van der Waals surface area contributed by atoms with Crippen LogP contribution in [0.15, 0.2) is 18.2 Å². The first kappa shape index (κ1) is 13.1. The van der Waals surface area contributed by atoms with Crippen LogP contribution in [-0.2, 0) is 0 Å². The average Bonchev–Trinajstić information content (AvgIpc) is 2.65. The van der Waals surface area contributed by atoms with Gasteiger partial charge in [0.05, 0.1) is 15.7 Å². The number of nitrogens with zero attached hydrogens (tertiary/aromatic N) is 1. The summed E-state index contributed by atoms with van der Waals surface area (Å²) >= 11 is 13.2. The SMILES string of the molecule is Cc1sc(Nc2c(Cl)cccc2Cl)nc1C(=O)O. The molecule has 0 aliphatic heterocycles. The number of carbonyl (C=O) groups is 1. The molecule has 1 aromatic heterocycles. The topological polar surface area (TPSA) is 62.2 Å². The Morgan fingerprint density at radius 3 is 2.50 bits per heavy atom. The van der Waals surface area contributed by atoms with Gasteiger partial charge in [-0.2, -0.15) is 0 Å². The molecule has 0 aliphatic rings. The van der Waals surface area contributed by atoms with Crippen LogP contribution in [-0.4, -0.2) is 16.1 Å². The molecule has 0 bridgehead atoms. The molecule has 0 saturated carbocycles. The van der Waals surface area contributed by atoms with Crippen molar-refractivity contribution < 1.29 is 9.90 Å². The Balaban J connectivity index is 2.35. The van der Waals surface area contributed by atoms with Gasteiger partial charge in [0.15, 0.2) is 10.8 Å². The van der Waals surface area contributed by atoms with Crippen molar-refractivity contribution in [1.82, 2.24) is 4.98 Å². The number of aryl methyl sites for hydroxylation is 1. The highest BCUT2D eigenvalue weighted by Gasteiger charge is 2.15. The lowest BCUT2D eigenvalue weighted by atomic mass is 10.3. The van der Waals surface area contributed by atoms with Crippen LogP contribution in [0.5, 0.6) is 0 Å². The van der Waals surface area contributed by atoms with Crippen molar-refractivity contribution in [3.63, 3.8) is 0 Å². The lowest BCUT2D eigenvalue weighted by Crippen LogP contribution is -1.99. The highest BCUT2D eigenvalue weighted by Crippen LogP contribution is 2.34. The minimum absolute atomic E-state index is 0.0330. The molecule has 1 heterocycles. The van der Waals surface area contributed by atoms with Crippen molar-refractivity contribution in [3.8, 4) is 0 Å². The van der Waals surface area contributed by atoms with Crippen LogP contribution in [0.25, 0.3) is 0 Å². The number of hydrogen-bond donors (Lipinski definition) is 2. The zero-order valence-corrected chi connectivity index (χ0v) is 11.5. The molecule has 0 atom stereocenters. The van der Waals surface area contributed by atoms with Crippen molar-refractivity contribution in [1.29, 1.82) is 0 Å². The molecule has 2 N–H and O–H groups in total. The number of thiazole rings is 1. The quantitative estimate of drug-likeness (QED) is 0.892. The second kappa shape index (κ2) is 5.14. The maximum Gasteiger partial charge on any atom is 0.355 e. The summed E-state index contributed by atoms with van der Waals surface area (Å²) < 4.78 is 0. The number of para-hydroxylation sites is 1. The number of aromatic carboxylic acids is 1. The fourth-order valence-corrected chi connectivity index (χ4v) is 2.67. The minimum atomic E-state index is -1.05. The Kier molecular flexibility index (Phi) is 3.75. The third kappa shape index (κ3) is 2.58. The average molecular weight is 303 g/mol. The first-order chi connectivity index (χ1) is 8.49. The van der Waals surface area contributed by atoms with Crippen LogP contribution in [0, 0.1) is 6.92 Å². The van der Waals surface area contributed by atoms with E-state index in [-0.39, 0.29) is 5.69 Å². The number of benzene rings is 1. The Labute approximate surface area is 117 Å². The molecule has 0 radical (unpaired) electrons. The maximum absolute atomic E-state index is 10.9. The number of rotatable bonds is 3. The molecule has 94 valence electrons. The first-order valence-corrected chi connectivity index (χ1v) is 6.48. The number of carboxylic acids is 1. The number of carboxylic acid groups (broad SMARTS) is 1. The number of aromatic nitrogens is 1. The van der Waals surface area contributed by atoms with E-state index in [9.17, 15) is 4.79 Å². The number of nitrogens with one attached hydrogen (secondary N) is 1. The third-order valence-corrected chi connectivity index (χ3v) is 3.71. The van der Waals surface area contributed by atoms with Crippen LogP contribution in [0.3, 0.4) is 0 Å². The molecule has 18 heavy (non-hydrogen) atoms. The molecule has 7 heteroatoms. The Morgan fingerprint density at radius 2 is 2.00 bits per heavy atom. The van der Waals surface area contributed by atoms with Gasteiger partial charge in [0.1, 0.15) is 0 Å². The molecule has 1 aromatic carbocycles. The number of anilines is 2. The molecule has 4 nitrogen and oxygen atoms in total. The highest BCUT2D eigenvalue weighted by molar-refractivity contribution is 7.15. The van der Waals surface area contributed by atoms with Gasteiger partial charge in [-0.05, 0) is 19.1 Å². The highest BCUT2D eigenvalue weighted by atomic mass is 35.5. The number of halogens is 2. The second-order valence-corrected chi connectivity index (χ2v) is 5.47. The molecule has 0 spiro atoms. The van der Waals surface area contributed by atoms with Crippen LogP contribution < -0.4 is 5.32 Å². The summed E-state index contributed by atoms with van der Waals surface area (Å²) in [6.07, 6.45) is 0. The predicted molar refractivity (Wildman–Crippen MR) is 73.6 cm³/mol. The van der Waals surface area contributed by atoms with E-state index in [1.54, 1.807) is 25.1 Å². The van der Waals surface area contributed by atoms with Gasteiger partial charge in [0, 0.05) is 4.88 Å². The fraction of sp³-hybridized carbons (Fsp3) is 0.0909. The minimum Gasteiger partial charge on any atom is -0.476 e. The lowest BCUT2D eigenvalue weighted by molar-refractivity contribution is 0.0690. The van der Waals surface area contributed by atoms with Crippen molar-refractivity contribution in [2.75, 3.05) is 5.32 Å². The summed E-state index contributed by atoms with van der Waals surface area (Å²) in [5, 5.41) is 13.2. The summed E-state index contributed by atoms with van der Waals surface area (Å²) in [4.78, 5) is 15.5. The van der Waals surface area contributed by atoms with Gasteiger partial charge < -0.3 is 10.4 Å². The molecule has 0 amide bonds. The van der Waals surface area contributed by atoms with E-state index < -0.39 is 5.97 Å². The molecule has 0 saturated heterocycles. The maximum atomic E-state index is 10.9. The monoisotopic (exact) mass is 302 g/mol. The van der Waals surface area contributed by atoms with Crippen LogP contribution in [0.2, 0.25) is 10.0 Å². The van der Waals surface area contributed by atoms with Crippen molar-refractivity contribution in [2.45, 2.75) is 6.92 Å². The third-order valence-electron chi connectivity index (χ3n) is 2.19. The van der Waals surface area contributed by atoms with Gasteiger partial charge in [-0.3, -0.25) is 0 Å². The van der Waals surface area contributed by atoms with Gasteiger partial charge in [-0.1, -0.05) is 29.3 Å². The molecular formula is C11H8Cl2N2O2S. The number of hydrogen-bond acceptors (Lipinski definition) is 4. The normalized spacial score (nSPS) is 10.4. The first-order valence-electron chi connectivity index (χ1n) is 4.91. The molecule has 0 unspecified atom stereocenters. The van der Waals surface area contributed by atoms with Crippen molar-refractivity contribution >= 4 is 51.3 Å². The molecule has 0 aliphatic carbocycles. The van der Waals surface area contributed by atoms with Gasteiger partial charge in [0.25, 0.3) is 0 Å². The van der Waals surface area contributed by atoms with E-state index in [2.05, 4.69) is 10.3 Å². The van der Waals surface area contributed by atoms with Gasteiger partial charge in [0.2, 0.25) is 0 Å². The van der Waals surface area contributed by atoms with Gasteiger partial charge in [-0.15, -0.1) is 11.3 Å².